The SMILES string of the molecule is COc1ccc(NC(=O)N2CCCCC2c2nccs2)cc1C(N)=O. The zero-order valence-electron chi connectivity index (χ0n) is 13.9. The van der Waals surface area contributed by atoms with Crippen LogP contribution in [-0.2, 0) is 0 Å². The van der Waals surface area contributed by atoms with Crippen molar-refractivity contribution in [1.82, 2.24) is 9.88 Å². The predicted octanol–water partition coefficient (Wildman–Crippen LogP) is 3.01. The van der Waals surface area contributed by atoms with Crippen LogP contribution in [0.25, 0.3) is 0 Å². The minimum atomic E-state index is -0.605. The molecule has 1 aromatic heterocycles. The first-order valence-electron chi connectivity index (χ1n) is 8.05. The zero-order chi connectivity index (χ0) is 17.8. The van der Waals surface area contributed by atoms with Gasteiger partial charge in [-0.25, -0.2) is 9.78 Å². The Labute approximate surface area is 149 Å². The molecule has 1 aliphatic heterocycles. The van der Waals surface area contributed by atoms with Crippen LogP contribution in [0, 0.1) is 0 Å². The molecular weight excluding hydrogens is 340 g/mol. The van der Waals surface area contributed by atoms with Crippen LogP contribution < -0.4 is 15.8 Å². The number of carbonyl (C=O) groups is 2. The Morgan fingerprint density at radius 3 is 2.92 bits per heavy atom. The summed E-state index contributed by atoms with van der Waals surface area (Å²) >= 11 is 1.56. The summed E-state index contributed by atoms with van der Waals surface area (Å²) in [5.41, 5.74) is 6.10. The van der Waals surface area contributed by atoms with Crippen LogP contribution in [0.2, 0.25) is 0 Å². The van der Waals surface area contributed by atoms with Gasteiger partial charge in [-0.1, -0.05) is 0 Å². The molecule has 132 valence electrons. The summed E-state index contributed by atoms with van der Waals surface area (Å²) in [5.74, 6) is -0.226. The third-order valence-corrected chi connectivity index (χ3v) is 5.09. The summed E-state index contributed by atoms with van der Waals surface area (Å²) in [5, 5.41) is 5.72. The van der Waals surface area contributed by atoms with Gasteiger partial charge in [0, 0.05) is 23.8 Å². The molecule has 1 aromatic carbocycles. The number of ether oxygens (including phenoxy) is 1. The number of nitrogens with zero attached hydrogens (tertiary/aromatic N) is 2. The van der Waals surface area contributed by atoms with Crippen molar-refractivity contribution in [3.05, 3.63) is 40.3 Å². The number of amides is 3. The van der Waals surface area contributed by atoms with Crippen molar-refractivity contribution in [3.8, 4) is 5.75 Å². The van der Waals surface area contributed by atoms with E-state index in [4.69, 9.17) is 10.5 Å². The second-order valence-corrected chi connectivity index (χ2v) is 6.71. The highest BCUT2D eigenvalue weighted by atomic mass is 32.1. The fourth-order valence-corrected chi connectivity index (χ4v) is 3.79. The number of piperidine rings is 1. The number of urea groups is 1. The zero-order valence-corrected chi connectivity index (χ0v) is 14.7. The van der Waals surface area contributed by atoms with E-state index in [0.29, 0.717) is 18.0 Å². The number of aromatic nitrogens is 1. The van der Waals surface area contributed by atoms with Gasteiger partial charge in [-0.05, 0) is 37.5 Å². The maximum Gasteiger partial charge on any atom is 0.322 e. The number of methoxy groups -OCH3 is 1. The van der Waals surface area contributed by atoms with E-state index >= 15 is 0 Å². The van der Waals surface area contributed by atoms with E-state index in [1.807, 2.05) is 5.38 Å². The number of anilines is 1. The van der Waals surface area contributed by atoms with Crippen molar-refractivity contribution in [2.75, 3.05) is 19.0 Å². The highest BCUT2D eigenvalue weighted by molar-refractivity contribution is 7.09. The van der Waals surface area contributed by atoms with Crippen molar-refractivity contribution < 1.29 is 14.3 Å². The third-order valence-electron chi connectivity index (χ3n) is 4.22. The predicted molar refractivity (Wildman–Crippen MR) is 95.9 cm³/mol. The molecule has 0 aliphatic carbocycles. The van der Waals surface area contributed by atoms with Gasteiger partial charge in [0.1, 0.15) is 10.8 Å². The largest absolute Gasteiger partial charge is 0.496 e. The Bertz CT molecular complexity index is 763. The number of hydrogen-bond acceptors (Lipinski definition) is 5. The molecule has 7 nitrogen and oxygen atoms in total. The van der Waals surface area contributed by atoms with Gasteiger partial charge in [0.15, 0.2) is 0 Å². The normalized spacial score (nSPS) is 17.2. The number of rotatable bonds is 4. The number of hydrogen-bond donors (Lipinski definition) is 2. The molecule has 1 atom stereocenters. The number of thiazole rings is 1. The second kappa shape index (κ2) is 7.52. The quantitative estimate of drug-likeness (QED) is 0.876. The van der Waals surface area contributed by atoms with Gasteiger partial charge in [-0.2, -0.15) is 0 Å². The van der Waals surface area contributed by atoms with Crippen molar-refractivity contribution in [1.29, 1.82) is 0 Å². The molecule has 0 radical (unpaired) electrons. The molecule has 0 saturated carbocycles. The number of carbonyl (C=O) groups excluding carboxylic acids is 2. The Hall–Kier alpha value is -2.61. The summed E-state index contributed by atoms with van der Waals surface area (Å²) in [6, 6.07) is 4.61. The minimum absolute atomic E-state index is 0.0115. The van der Waals surface area contributed by atoms with E-state index in [1.165, 1.54) is 13.2 Å². The van der Waals surface area contributed by atoms with E-state index in [9.17, 15) is 9.59 Å². The Kier molecular flexibility index (Phi) is 5.18. The lowest BCUT2D eigenvalue weighted by atomic mass is 10.0. The number of nitrogens with two attached hydrogens (primary N) is 1. The lowest BCUT2D eigenvalue weighted by molar-refractivity contribution is 0.0997. The highest BCUT2D eigenvalue weighted by Gasteiger charge is 2.29. The number of primary amides is 1. The summed E-state index contributed by atoms with van der Waals surface area (Å²) in [6.07, 6.45) is 4.69. The number of benzene rings is 1. The molecule has 8 heteroatoms. The van der Waals surface area contributed by atoms with E-state index in [2.05, 4.69) is 10.3 Å². The van der Waals surface area contributed by atoms with Crippen molar-refractivity contribution in [2.24, 2.45) is 5.73 Å². The molecule has 1 fully saturated rings. The highest BCUT2D eigenvalue weighted by Crippen LogP contribution is 2.32. The van der Waals surface area contributed by atoms with Gasteiger partial charge in [0.05, 0.1) is 18.7 Å². The summed E-state index contributed by atoms with van der Waals surface area (Å²) in [4.78, 5) is 30.5. The molecule has 3 rings (SSSR count). The van der Waals surface area contributed by atoms with Gasteiger partial charge in [-0.15, -0.1) is 11.3 Å². The fraction of sp³-hybridized carbons (Fsp3) is 0.353. The summed E-state index contributed by atoms with van der Waals surface area (Å²) in [6.45, 7) is 0.676. The molecule has 1 unspecified atom stereocenters. The smallest absolute Gasteiger partial charge is 0.322 e. The van der Waals surface area contributed by atoms with Crippen molar-refractivity contribution in [3.63, 3.8) is 0 Å². The molecule has 0 bridgehead atoms. The average Bonchev–Trinajstić information content (AvgIpc) is 3.16. The maximum absolute atomic E-state index is 12.8. The van der Waals surface area contributed by atoms with Crippen LogP contribution in [0.5, 0.6) is 5.75 Å². The lowest BCUT2D eigenvalue weighted by Crippen LogP contribution is -2.41. The molecule has 25 heavy (non-hydrogen) atoms. The Balaban J connectivity index is 1.79. The summed E-state index contributed by atoms with van der Waals surface area (Å²) < 4.78 is 5.12. The first kappa shape index (κ1) is 17.2. The summed E-state index contributed by atoms with van der Waals surface area (Å²) in [7, 11) is 1.46. The van der Waals surface area contributed by atoms with Crippen LogP contribution in [0.3, 0.4) is 0 Å². The van der Waals surface area contributed by atoms with E-state index in [-0.39, 0.29) is 17.6 Å². The Morgan fingerprint density at radius 1 is 1.40 bits per heavy atom. The first-order valence-corrected chi connectivity index (χ1v) is 8.93. The second-order valence-electron chi connectivity index (χ2n) is 5.78. The maximum atomic E-state index is 12.8. The number of likely N-dealkylation sites (tertiary alicyclic amines) is 1. The van der Waals surface area contributed by atoms with Crippen LogP contribution in [0.15, 0.2) is 29.8 Å². The standard InChI is InChI=1S/C17H20N4O3S/c1-24-14-6-5-11(10-12(14)15(18)22)20-17(23)21-8-3-2-4-13(21)16-19-7-9-25-16/h5-7,9-10,13H,2-4,8H2,1H3,(H2,18,22)(H,20,23). The molecule has 3 N–H and O–H groups in total. The minimum Gasteiger partial charge on any atom is -0.496 e. The van der Waals surface area contributed by atoms with Gasteiger partial charge >= 0.3 is 6.03 Å². The van der Waals surface area contributed by atoms with Gasteiger partial charge in [0.2, 0.25) is 0 Å². The van der Waals surface area contributed by atoms with E-state index < -0.39 is 5.91 Å². The van der Waals surface area contributed by atoms with E-state index in [0.717, 1.165) is 24.3 Å². The van der Waals surface area contributed by atoms with Gasteiger partial charge in [0.25, 0.3) is 5.91 Å². The van der Waals surface area contributed by atoms with Gasteiger partial charge in [-0.3, -0.25) is 4.79 Å². The van der Waals surface area contributed by atoms with Crippen LogP contribution in [-0.4, -0.2) is 35.5 Å². The molecule has 1 aliphatic rings. The van der Waals surface area contributed by atoms with Gasteiger partial charge < -0.3 is 20.7 Å². The average molecular weight is 360 g/mol. The molecule has 1 saturated heterocycles. The third kappa shape index (κ3) is 3.74. The topological polar surface area (TPSA) is 97.6 Å². The fourth-order valence-electron chi connectivity index (χ4n) is 3.00. The Morgan fingerprint density at radius 2 is 2.24 bits per heavy atom. The number of nitrogens with one attached hydrogen (secondary N) is 1. The molecule has 2 aromatic rings. The first-order chi connectivity index (χ1) is 12.1. The van der Waals surface area contributed by atoms with Crippen LogP contribution in [0.1, 0.15) is 40.7 Å². The molecule has 0 spiro atoms. The lowest BCUT2D eigenvalue weighted by Gasteiger charge is -2.34. The van der Waals surface area contributed by atoms with Crippen LogP contribution in [0.4, 0.5) is 10.5 Å². The van der Waals surface area contributed by atoms with Crippen LogP contribution >= 0.6 is 11.3 Å². The molecule has 3 amide bonds. The van der Waals surface area contributed by atoms with E-state index in [1.54, 1.807) is 34.6 Å². The monoisotopic (exact) mass is 360 g/mol. The van der Waals surface area contributed by atoms with Crippen molar-refractivity contribution >= 4 is 29.0 Å². The molecule has 2 heterocycles. The van der Waals surface area contributed by atoms with Crippen molar-refractivity contribution in [2.45, 2.75) is 25.3 Å². The molecular formula is C17H20N4O3S.